The van der Waals surface area contributed by atoms with Gasteiger partial charge in [0.15, 0.2) is 11.6 Å². The van der Waals surface area contributed by atoms with E-state index >= 15 is 0 Å². The molecule has 26 heavy (non-hydrogen) atoms. The number of carbonyl (C=O) groups is 1. The van der Waals surface area contributed by atoms with Gasteiger partial charge in [0.05, 0.1) is 5.69 Å². The number of hydrogen-bond acceptors (Lipinski definition) is 4. The molecule has 5 nitrogen and oxygen atoms in total. The first kappa shape index (κ1) is 17.5. The standard InChI is InChI=1S/C19H16F2N4O/c20-14-7-8-16(15(21)12-14)22-17-9-10-18(25-24-17)23-19(26)11-6-13-4-2-1-3-5-13/h1-5,7-10,12H,6,11H2,(H,22,24)(H,23,25,26). The molecule has 0 saturated heterocycles. The van der Waals surface area contributed by atoms with E-state index in [1.807, 2.05) is 30.3 Å². The predicted octanol–water partition coefficient (Wildman–Crippen LogP) is 4.07. The van der Waals surface area contributed by atoms with Crippen LogP contribution in [0.25, 0.3) is 0 Å². The molecule has 0 atom stereocenters. The zero-order valence-electron chi connectivity index (χ0n) is 13.7. The summed E-state index contributed by atoms with van der Waals surface area (Å²) in [6.07, 6.45) is 0.954. The Morgan fingerprint density at radius 1 is 0.923 bits per heavy atom. The molecule has 0 aliphatic rings. The molecule has 0 unspecified atom stereocenters. The topological polar surface area (TPSA) is 66.9 Å². The van der Waals surface area contributed by atoms with Gasteiger partial charge >= 0.3 is 0 Å². The lowest BCUT2D eigenvalue weighted by Crippen LogP contribution is -2.14. The van der Waals surface area contributed by atoms with Gasteiger partial charge in [-0.15, -0.1) is 10.2 Å². The molecule has 1 aromatic heterocycles. The quantitative estimate of drug-likeness (QED) is 0.700. The van der Waals surface area contributed by atoms with E-state index in [2.05, 4.69) is 20.8 Å². The molecule has 1 amide bonds. The minimum absolute atomic E-state index is 0.0837. The van der Waals surface area contributed by atoms with Crippen molar-refractivity contribution in [2.24, 2.45) is 0 Å². The minimum atomic E-state index is -0.731. The molecular formula is C19H16F2N4O. The van der Waals surface area contributed by atoms with Gasteiger partial charge < -0.3 is 10.6 Å². The molecule has 0 spiro atoms. The second kappa shape index (κ2) is 8.15. The summed E-state index contributed by atoms with van der Waals surface area (Å²) in [5.74, 6) is -0.989. The van der Waals surface area contributed by atoms with Crippen LogP contribution >= 0.6 is 0 Å². The van der Waals surface area contributed by atoms with E-state index < -0.39 is 11.6 Å². The van der Waals surface area contributed by atoms with Crippen LogP contribution in [0, 0.1) is 11.6 Å². The third kappa shape index (κ3) is 4.83. The molecule has 2 aromatic carbocycles. The van der Waals surface area contributed by atoms with E-state index in [0.717, 1.165) is 17.7 Å². The Labute approximate surface area is 149 Å². The van der Waals surface area contributed by atoms with E-state index in [1.54, 1.807) is 12.1 Å². The summed E-state index contributed by atoms with van der Waals surface area (Å²) in [5.41, 5.74) is 1.16. The highest BCUT2D eigenvalue weighted by Crippen LogP contribution is 2.19. The molecule has 1 heterocycles. The van der Waals surface area contributed by atoms with Crippen LogP contribution in [0.2, 0.25) is 0 Å². The first-order valence-corrected chi connectivity index (χ1v) is 8.00. The first-order valence-electron chi connectivity index (χ1n) is 8.00. The highest BCUT2D eigenvalue weighted by molar-refractivity contribution is 5.89. The van der Waals surface area contributed by atoms with E-state index in [1.165, 1.54) is 6.07 Å². The van der Waals surface area contributed by atoms with Crippen molar-refractivity contribution in [1.29, 1.82) is 0 Å². The van der Waals surface area contributed by atoms with Crippen molar-refractivity contribution in [3.8, 4) is 0 Å². The Morgan fingerprint density at radius 3 is 2.35 bits per heavy atom. The predicted molar refractivity (Wildman–Crippen MR) is 95.1 cm³/mol. The lowest BCUT2D eigenvalue weighted by Gasteiger charge is -2.07. The number of rotatable bonds is 6. The second-order valence-corrected chi connectivity index (χ2v) is 5.59. The third-order valence-electron chi connectivity index (χ3n) is 3.61. The van der Waals surface area contributed by atoms with E-state index in [9.17, 15) is 13.6 Å². The molecular weight excluding hydrogens is 338 g/mol. The Balaban J connectivity index is 1.54. The normalized spacial score (nSPS) is 10.4. The van der Waals surface area contributed by atoms with Crippen LogP contribution in [-0.2, 0) is 11.2 Å². The van der Waals surface area contributed by atoms with Gasteiger partial charge in [0, 0.05) is 12.5 Å². The Kier molecular flexibility index (Phi) is 5.48. The average Bonchev–Trinajstić information content (AvgIpc) is 2.65. The number of aromatic nitrogens is 2. The maximum atomic E-state index is 13.6. The molecule has 3 aromatic rings. The van der Waals surface area contributed by atoms with Crippen LogP contribution in [0.15, 0.2) is 60.7 Å². The van der Waals surface area contributed by atoms with Crippen molar-refractivity contribution in [3.63, 3.8) is 0 Å². The van der Waals surface area contributed by atoms with Gasteiger partial charge in [-0.25, -0.2) is 8.78 Å². The fourth-order valence-electron chi connectivity index (χ4n) is 2.30. The maximum Gasteiger partial charge on any atom is 0.225 e. The minimum Gasteiger partial charge on any atom is -0.336 e. The first-order chi connectivity index (χ1) is 12.6. The number of hydrogen-bond donors (Lipinski definition) is 2. The smallest absolute Gasteiger partial charge is 0.225 e. The number of amides is 1. The molecule has 3 rings (SSSR count). The monoisotopic (exact) mass is 354 g/mol. The molecule has 2 N–H and O–H groups in total. The van der Waals surface area contributed by atoms with Crippen LogP contribution in [0.5, 0.6) is 0 Å². The number of anilines is 3. The number of nitrogens with one attached hydrogen (secondary N) is 2. The lowest BCUT2D eigenvalue weighted by atomic mass is 10.1. The van der Waals surface area contributed by atoms with E-state index in [0.29, 0.717) is 18.7 Å². The molecule has 0 fully saturated rings. The Hall–Kier alpha value is -3.35. The number of carbonyl (C=O) groups excluding carboxylic acids is 1. The SMILES string of the molecule is O=C(CCc1ccccc1)Nc1ccc(Nc2ccc(F)cc2F)nn1. The molecule has 0 bridgehead atoms. The summed E-state index contributed by atoms with van der Waals surface area (Å²) < 4.78 is 26.5. The van der Waals surface area contributed by atoms with Crippen LogP contribution in [0.3, 0.4) is 0 Å². The molecule has 0 saturated carbocycles. The van der Waals surface area contributed by atoms with Crippen molar-refractivity contribution in [2.45, 2.75) is 12.8 Å². The largest absolute Gasteiger partial charge is 0.336 e. The van der Waals surface area contributed by atoms with Gasteiger partial charge in [-0.1, -0.05) is 30.3 Å². The number of nitrogens with zero attached hydrogens (tertiary/aromatic N) is 2. The van der Waals surface area contributed by atoms with Gasteiger partial charge in [-0.3, -0.25) is 4.79 Å². The second-order valence-electron chi connectivity index (χ2n) is 5.59. The van der Waals surface area contributed by atoms with Crippen LogP contribution < -0.4 is 10.6 Å². The number of halogens is 2. The zero-order valence-corrected chi connectivity index (χ0v) is 13.7. The van der Waals surface area contributed by atoms with Gasteiger partial charge in [0.25, 0.3) is 0 Å². The van der Waals surface area contributed by atoms with E-state index in [4.69, 9.17) is 0 Å². The Morgan fingerprint density at radius 2 is 1.65 bits per heavy atom. The molecule has 0 aliphatic heterocycles. The molecule has 0 radical (unpaired) electrons. The summed E-state index contributed by atoms with van der Waals surface area (Å²) >= 11 is 0. The van der Waals surface area contributed by atoms with Crippen molar-refractivity contribution in [2.75, 3.05) is 10.6 Å². The maximum absolute atomic E-state index is 13.6. The van der Waals surface area contributed by atoms with Crippen molar-refractivity contribution in [3.05, 3.63) is 77.9 Å². The summed E-state index contributed by atoms with van der Waals surface area (Å²) in [6.45, 7) is 0. The van der Waals surface area contributed by atoms with Crippen LogP contribution in [-0.4, -0.2) is 16.1 Å². The lowest BCUT2D eigenvalue weighted by molar-refractivity contribution is -0.116. The van der Waals surface area contributed by atoms with Crippen LogP contribution in [0.1, 0.15) is 12.0 Å². The van der Waals surface area contributed by atoms with Crippen molar-refractivity contribution < 1.29 is 13.6 Å². The van der Waals surface area contributed by atoms with E-state index in [-0.39, 0.29) is 17.4 Å². The van der Waals surface area contributed by atoms with Crippen molar-refractivity contribution >= 4 is 23.2 Å². The number of benzene rings is 2. The summed E-state index contributed by atoms with van der Waals surface area (Å²) in [4.78, 5) is 12.0. The van der Waals surface area contributed by atoms with Gasteiger partial charge in [0.1, 0.15) is 11.6 Å². The summed E-state index contributed by atoms with van der Waals surface area (Å²) in [7, 11) is 0. The van der Waals surface area contributed by atoms with Gasteiger partial charge in [0.2, 0.25) is 5.91 Å². The third-order valence-corrected chi connectivity index (χ3v) is 3.61. The highest BCUT2D eigenvalue weighted by Gasteiger charge is 2.07. The molecule has 7 heteroatoms. The summed E-state index contributed by atoms with van der Waals surface area (Å²) in [6, 6.07) is 16.0. The average molecular weight is 354 g/mol. The van der Waals surface area contributed by atoms with Gasteiger partial charge in [-0.05, 0) is 36.2 Å². The molecule has 0 aliphatic carbocycles. The Bertz CT molecular complexity index is 886. The fraction of sp³-hybridized carbons (Fsp3) is 0.105. The van der Waals surface area contributed by atoms with Crippen molar-refractivity contribution in [1.82, 2.24) is 10.2 Å². The highest BCUT2D eigenvalue weighted by atomic mass is 19.1. The zero-order chi connectivity index (χ0) is 18.4. The number of aryl methyl sites for hydroxylation is 1. The van der Waals surface area contributed by atoms with Crippen LogP contribution in [0.4, 0.5) is 26.1 Å². The molecule has 132 valence electrons. The summed E-state index contributed by atoms with van der Waals surface area (Å²) in [5, 5.41) is 13.1. The van der Waals surface area contributed by atoms with Gasteiger partial charge in [-0.2, -0.15) is 0 Å². The fourth-order valence-corrected chi connectivity index (χ4v) is 2.30.